The van der Waals surface area contributed by atoms with Crippen LogP contribution in [0.5, 0.6) is 0 Å². The van der Waals surface area contributed by atoms with Crippen molar-refractivity contribution in [3.8, 4) is 0 Å². The Morgan fingerprint density at radius 3 is 2.26 bits per heavy atom. The highest BCUT2D eigenvalue weighted by Crippen LogP contribution is 2.38. The Morgan fingerprint density at radius 1 is 0.971 bits per heavy atom. The van der Waals surface area contributed by atoms with Crippen LogP contribution in [0, 0.1) is 12.7 Å². The van der Waals surface area contributed by atoms with Gasteiger partial charge in [0.05, 0.1) is 28.1 Å². The van der Waals surface area contributed by atoms with Crippen molar-refractivity contribution in [3.63, 3.8) is 0 Å². The summed E-state index contributed by atoms with van der Waals surface area (Å²) in [5.41, 5.74) is 3.00. The second kappa shape index (κ2) is 9.19. The summed E-state index contributed by atoms with van der Waals surface area (Å²) in [5, 5.41) is 4.46. The predicted molar refractivity (Wildman–Crippen MR) is 130 cm³/mol. The molecule has 10 heteroatoms. The van der Waals surface area contributed by atoms with Crippen molar-refractivity contribution in [1.29, 1.82) is 0 Å². The molecule has 178 valence electrons. The lowest BCUT2D eigenvalue weighted by Gasteiger charge is -2.23. The lowest BCUT2D eigenvalue weighted by molar-refractivity contribution is 0.371. The van der Waals surface area contributed by atoms with Crippen molar-refractivity contribution in [2.75, 3.05) is 10.5 Å². The number of hydrogen-bond donors (Lipinski definition) is 1. The van der Waals surface area contributed by atoms with Crippen molar-refractivity contribution >= 4 is 31.4 Å². The van der Waals surface area contributed by atoms with Gasteiger partial charge in [-0.05, 0) is 49.7 Å². The van der Waals surface area contributed by atoms with E-state index in [1.807, 2.05) is 31.2 Å². The summed E-state index contributed by atoms with van der Waals surface area (Å²) in [6.07, 6.45) is 0.231. The Balaban J connectivity index is 1.82. The van der Waals surface area contributed by atoms with Crippen LogP contribution < -0.4 is 4.72 Å². The van der Waals surface area contributed by atoms with E-state index < -0.39 is 31.9 Å². The molecule has 4 rings (SSSR count). The predicted octanol–water partition coefficient (Wildman–Crippen LogP) is 4.44. The average molecular weight is 502 g/mol. The number of hydrazone groups is 1. The number of anilines is 1. The zero-order valence-corrected chi connectivity index (χ0v) is 20.3. The number of nitrogens with one attached hydrogen (secondary N) is 1. The van der Waals surface area contributed by atoms with Gasteiger partial charge in [-0.15, -0.1) is 0 Å². The third kappa shape index (κ3) is 4.83. The van der Waals surface area contributed by atoms with E-state index in [1.54, 1.807) is 24.3 Å². The standard InChI is InChI=1S/C24H24FN3O4S2/c1-3-33(29,30)27-22-7-5-4-6-21(22)23-16-24(18-10-8-17(2)9-11-18)28(26-23)34(31,32)20-14-12-19(25)13-15-20/h4-15,24,27H,3,16H2,1-2H3/t24-/m0/s1. The van der Waals surface area contributed by atoms with Gasteiger partial charge in [-0.25, -0.2) is 12.8 Å². The van der Waals surface area contributed by atoms with Crippen molar-refractivity contribution in [1.82, 2.24) is 4.41 Å². The molecule has 7 nitrogen and oxygen atoms in total. The number of hydrogen-bond acceptors (Lipinski definition) is 5. The number of rotatable bonds is 7. The molecule has 0 radical (unpaired) electrons. The van der Waals surface area contributed by atoms with E-state index in [-0.39, 0.29) is 17.1 Å². The van der Waals surface area contributed by atoms with E-state index in [9.17, 15) is 21.2 Å². The maximum atomic E-state index is 13.5. The van der Waals surface area contributed by atoms with Crippen molar-refractivity contribution in [2.45, 2.75) is 31.2 Å². The van der Waals surface area contributed by atoms with E-state index in [2.05, 4.69) is 9.82 Å². The molecule has 1 aliphatic rings. The lowest BCUT2D eigenvalue weighted by atomic mass is 9.98. The van der Waals surface area contributed by atoms with Gasteiger partial charge in [0.15, 0.2) is 0 Å². The van der Waals surface area contributed by atoms with Crippen LogP contribution in [0.15, 0.2) is 82.8 Å². The number of aryl methyl sites for hydroxylation is 1. The highest BCUT2D eigenvalue weighted by molar-refractivity contribution is 7.92. The summed E-state index contributed by atoms with van der Waals surface area (Å²) in [7, 11) is -7.67. The molecule has 1 N–H and O–H groups in total. The Morgan fingerprint density at radius 2 is 1.62 bits per heavy atom. The van der Waals surface area contributed by atoms with Crippen LogP contribution in [0.3, 0.4) is 0 Å². The fraction of sp³-hybridized carbons (Fsp3) is 0.208. The van der Waals surface area contributed by atoms with Gasteiger partial charge in [0.2, 0.25) is 10.0 Å². The van der Waals surface area contributed by atoms with E-state index in [0.717, 1.165) is 27.7 Å². The van der Waals surface area contributed by atoms with Crippen molar-refractivity contribution < 1.29 is 21.2 Å². The largest absolute Gasteiger partial charge is 0.283 e. The first-order valence-electron chi connectivity index (χ1n) is 10.6. The van der Waals surface area contributed by atoms with Crippen LogP contribution in [0.25, 0.3) is 0 Å². The van der Waals surface area contributed by atoms with Gasteiger partial charge in [-0.3, -0.25) is 4.72 Å². The van der Waals surface area contributed by atoms with Crippen LogP contribution >= 0.6 is 0 Å². The highest BCUT2D eigenvalue weighted by atomic mass is 32.2. The van der Waals surface area contributed by atoms with Crippen LogP contribution in [-0.2, 0) is 20.0 Å². The van der Waals surface area contributed by atoms with Gasteiger partial charge in [0, 0.05) is 12.0 Å². The number of benzene rings is 3. The van der Waals surface area contributed by atoms with Crippen molar-refractivity contribution in [3.05, 3.63) is 95.3 Å². The molecule has 0 amide bonds. The molecule has 0 saturated heterocycles. The quantitative estimate of drug-likeness (QED) is 0.518. The molecule has 0 bridgehead atoms. The molecule has 3 aromatic carbocycles. The number of halogens is 1. The molecule has 0 spiro atoms. The maximum Gasteiger partial charge on any atom is 0.279 e. The summed E-state index contributed by atoms with van der Waals surface area (Å²) in [5.74, 6) is -0.651. The maximum absolute atomic E-state index is 13.5. The highest BCUT2D eigenvalue weighted by Gasteiger charge is 2.38. The second-order valence-electron chi connectivity index (χ2n) is 7.96. The summed E-state index contributed by atoms with van der Waals surface area (Å²) in [4.78, 5) is -0.0871. The molecule has 0 saturated carbocycles. The molecule has 0 fully saturated rings. The van der Waals surface area contributed by atoms with Gasteiger partial charge in [0.25, 0.3) is 10.0 Å². The zero-order chi connectivity index (χ0) is 24.5. The normalized spacial score (nSPS) is 16.4. The molecule has 0 unspecified atom stereocenters. The third-order valence-corrected chi connectivity index (χ3v) is 8.56. The van der Waals surface area contributed by atoms with Crippen LogP contribution in [0.1, 0.15) is 36.1 Å². The van der Waals surface area contributed by atoms with E-state index in [4.69, 9.17) is 0 Å². The van der Waals surface area contributed by atoms with Crippen LogP contribution in [0.2, 0.25) is 0 Å². The fourth-order valence-electron chi connectivity index (χ4n) is 3.69. The first kappa shape index (κ1) is 23.9. The van der Waals surface area contributed by atoms with Crippen LogP contribution in [0.4, 0.5) is 10.1 Å². The molecule has 0 aliphatic carbocycles. The van der Waals surface area contributed by atoms with E-state index in [1.165, 1.54) is 19.1 Å². The average Bonchev–Trinajstić information content (AvgIpc) is 3.26. The molecule has 34 heavy (non-hydrogen) atoms. The number of sulfonamides is 2. The Kier molecular flexibility index (Phi) is 6.46. The first-order valence-corrected chi connectivity index (χ1v) is 13.7. The van der Waals surface area contributed by atoms with E-state index >= 15 is 0 Å². The molecule has 1 heterocycles. The fourth-order valence-corrected chi connectivity index (χ4v) is 5.78. The van der Waals surface area contributed by atoms with Gasteiger partial charge >= 0.3 is 0 Å². The Labute approximate surface area is 199 Å². The summed E-state index contributed by atoms with van der Waals surface area (Å²) >= 11 is 0. The topological polar surface area (TPSA) is 95.9 Å². The van der Waals surface area contributed by atoms with Crippen molar-refractivity contribution in [2.24, 2.45) is 5.10 Å². The van der Waals surface area contributed by atoms with Gasteiger partial charge < -0.3 is 0 Å². The summed E-state index contributed by atoms with van der Waals surface area (Å²) < 4.78 is 68.5. The minimum absolute atomic E-state index is 0.0871. The number of nitrogens with zero attached hydrogens (tertiary/aromatic N) is 2. The van der Waals surface area contributed by atoms with Gasteiger partial charge in [0.1, 0.15) is 5.82 Å². The molecule has 1 aliphatic heterocycles. The molecular formula is C24H24FN3O4S2. The molecule has 3 aromatic rings. The SMILES string of the molecule is CCS(=O)(=O)Nc1ccccc1C1=NN(S(=O)(=O)c2ccc(F)cc2)[C@H](c2ccc(C)cc2)C1. The third-order valence-electron chi connectivity index (χ3n) is 5.58. The van der Waals surface area contributed by atoms with Gasteiger partial charge in [-0.2, -0.15) is 17.9 Å². The number of para-hydroxylation sites is 1. The minimum atomic E-state index is -4.12. The second-order valence-corrected chi connectivity index (χ2v) is 11.8. The van der Waals surface area contributed by atoms with Gasteiger partial charge in [-0.1, -0.05) is 48.0 Å². The first-order chi connectivity index (χ1) is 16.1. The summed E-state index contributed by atoms with van der Waals surface area (Å²) in [6.45, 7) is 3.46. The molecular weight excluding hydrogens is 477 g/mol. The Bertz CT molecular complexity index is 1440. The zero-order valence-electron chi connectivity index (χ0n) is 18.6. The molecule has 1 atom stereocenters. The molecule has 0 aromatic heterocycles. The minimum Gasteiger partial charge on any atom is -0.283 e. The van der Waals surface area contributed by atoms with E-state index in [0.29, 0.717) is 17.0 Å². The lowest BCUT2D eigenvalue weighted by Crippen LogP contribution is -2.27. The monoisotopic (exact) mass is 501 g/mol. The van der Waals surface area contributed by atoms with Crippen LogP contribution in [-0.4, -0.2) is 32.7 Å². The Hall–Kier alpha value is -3.24. The summed E-state index contributed by atoms with van der Waals surface area (Å²) in [6, 6.07) is 18.1. The smallest absolute Gasteiger partial charge is 0.279 e.